The normalized spacial score (nSPS) is 10.6. The Balaban J connectivity index is 1.69. The molecule has 6 heteroatoms. The summed E-state index contributed by atoms with van der Waals surface area (Å²) >= 11 is 11.9. The van der Waals surface area contributed by atoms with Crippen molar-refractivity contribution in [2.24, 2.45) is 0 Å². The summed E-state index contributed by atoms with van der Waals surface area (Å²) in [6, 6.07) is 14.7. The summed E-state index contributed by atoms with van der Waals surface area (Å²) in [7, 11) is 0. The van der Waals surface area contributed by atoms with Gasteiger partial charge in [0.15, 0.2) is 5.82 Å². The second-order valence-corrected chi connectivity index (χ2v) is 6.31. The second-order valence-electron chi connectivity index (χ2n) is 5.46. The zero-order valence-electron chi connectivity index (χ0n) is 13.0. The maximum Gasteiger partial charge on any atom is 0.258 e. The van der Waals surface area contributed by atoms with Crippen LogP contribution in [-0.4, -0.2) is 15.7 Å². The van der Waals surface area contributed by atoms with Crippen molar-refractivity contribution < 1.29 is 4.79 Å². The Labute approximate surface area is 150 Å². The highest BCUT2D eigenvalue weighted by Gasteiger charge is 2.12. The van der Waals surface area contributed by atoms with Crippen LogP contribution in [-0.2, 0) is 6.54 Å². The van der Waals surface area contributed by atoms with Gasteiger partial charge in [0.2, 0.25) is 0 Å². The maximum atomic E-state index is 12.3. The number of aromatic nitrogens is 2. The maximum absolute atomic E-state index is 12.3. The van der Waals surface area contributed by atoms with E-state index in [2.05, 4.69) is 34.7 Å². The van der Waals surface area contributed by atoms with Gasteiger partial charge >= 0.3 is 0 Å². The fourth-order valence-electron chi connectivity index (χ4n) is 2.25. The van der Waals surface area contributed by atoms with Crippen LogP contribution in [0.3, 0.4) is 0 Å². The van der Waals surface area contributed by atoms with Crippen LogP contribution in [0.2, 0.25) is 10.0 Å². The monoisotopic (exact) mass is 359 g/mol. The van der Waals surface area contributed by atoms with Crippen LogP contribution in [0.4, 0.5) is 5.82 Å². The van der Waals surface area contributed by atoms with Gasteiger partial charge in [-0.15, -0.1) is 0 Å². The van der Waals surface area contributed by atoms with Gasteiger partial charge in [-0.2, -0.15) is 5.10 Å². The van der Waals surface area contributed by atoms with Crippen molar-refractivity contribution in [3.63, 3.8) is 0 Å². The molecular weight excluding hydrogens is 345 g/mol. The third-order valence-electron chi connectivity index (χ3n) is 3.52. The largest absolute Gasteiger partial charge is 0.305 e. The molecule has 0 aliphatic carbocycles. The molecular formula is C18H15Cl2N3O. The van der Waals surface area contributed by atoms with Crippen LogP contribution in [0, 0.1) is 6.92 Å². The minimum atomic E-state index is -0.322. The zero-order valence-corrected chi connectivity index (χ0v) is 14.5. The van der Waals surface area contributed by atoms with Crippen LogP contribution < -0.4 is 5.32 Å². The van der Waals surface area contributed by atoms with E-state index in [-0.39, 0.29) is 5.91 Å². The van der Waals surface area contributed by atoms with Crippen molar-refractivity contribution in [1.82, 2.24) is 9.78 Å². The lowest BCUT2D eigenvalue weighted by Crippen LogP contribution is -2.13. The van der Waals surface area contributed by atoms with E-state index in [1.807, 2.05) is 13.1 Å². The van der Waals surface area contributed by atoms with Crippen LogP contribution in [0.1, 0.15) is 21.5 Å². The summed E-state index contributed by atoms with van der Waals surface area (Å²) in [5, 5.41) is 7.88. The van der Waals surface area contributed by atoms with E-state index in [0.717, 1.165) is 5.56 Å². The van der Waals surface area contributed by atoms with E-state index in [1.165, 1.54) is 11.6 Å². The highest BCUT2D eigenvalue weighted by molar-refractivity contribution is 6.37. The molecule has 122 valence electrons. The van der Waals surface area contributed by atoms with E-state index in [4.69, 9.17) is 23.2 Å². The Morgan fingerprint density at radius 2 is 1.88 bits per heavy atom. The summed E-state index contributed by atoms with van der Waals surface area (Å²) in [5.41, 5.74) is 2.71. The standard InChI is InChI=1S/C18H15Cl2N3O/c1-12-2-4-13(5-3-12)11-23-9-8-17(22-23)21-18(24)15-7-6-14(19)10-16(15)20/h2-10H,11H2,1H3,(H,21,22,24). The highest BCUT2D eigenvalue weighted by Crippen LogP contribution is 2.21. The number of rotatable bonds is 4. The van der Waals surface area contributed by atoms with Gasteiger partial charge in [-0.1, -0.05) is 53.0 Å². The summed E-state index contributed by atoms with van der Waals surface area (Å²) in [6.45, 7) is 2.69. The number of nitrogens with one attached hydrogen (secondary N) is 1. The van der Waals surface area contributed by atoms with Crippen molar-refractivity contribution in [2.75, 3.05) is 5.32 Å². The van der Waals surface area contributed by atoms with Gasteiger partial charge in [0.25, 0.3) is 5.91 Å². The number of carbonyl (C=O) groups is 1. The van der Waals surface area contributed by atoms with Gasteiger partial charge in [0.05, 0.1) is 17.1 Å². The molecule has 1 amide bonds. The first-order valence-electron chi connectivity index (χ1n) is 7.37. The minimum Gasteiger partial charge on any atom is -0.305 e. The predicted molar refractivity (Wildman–Crippen MR) is 96.9 cm³/mol. The van der Waals surface area contributed by atoms with Crippen molar-refractivity contribution in [3.05, 3.63) is 81.5 Å². The molecule has 0 fully saturated rings. The highest BCUT2D eigenvalue weighted by atomic mass is 35.5. The molecule has 0 radical (unpaired) electrons. The quantitative estimate of drug-likeness (QED) is 0.727. The number of hydrogen-bond donors (Lipinski definition) is 1. The molecule has 1 aromatic heterocycles. The summed E-state index contributed by atoms with van der Waals surface area (Å²) in [4.78, 5) is 12.3. The number of nitrogens with zero attached hydrogens (tertiary/aromatic N) is 2. The minimum absolute atomic E-state index is 0.305. The van der Waals surface area contributed by atoms with Crippen LogP contribution in [0.25, 0.3) is 0 Å². The van der Waals surface area contributed by atoms with Gasteiger partial charge in [0, 0.05) is 17.3 Å². The Bertz CT molecular complexity index is 872. The molecule has 0 saturated heterocycles. The fraction of sp³-hybridized carbons (Fsp3) is 0.111. The molecule has 3 rings (SSSR count). The fourth-order valence-corrected chi connectivity index (χ4v) is 2.75. The lowest BCUT2D eigenvalue weighted by Gasteiger charge is -2.05. The number of halogens is 2. The topological polar surface area (TPSA) is 46.9 Å². The molecule has 0 atom stereocenters. The predicted octanol–water partition coefficient (Wildman–Crippen LogP) is 4.80. The third kappa shape index (κ3) is 3.96. The van der Waals surface area contributed by atoms with E-state index in [1.54, 1.807) is 22.9 Å². The summed E-state index contributed by atoms with van der Waals surface area (Å²) in [5.74, 6) is 0.149. The number of benzene rings is 2. The molecule has 0 spiro atoms. The first-order chi connectivity index (χ1) is 11.5. The Kier molecular flexibility index (Phi) is 4.88. The van der Waals surface area contributed by atoms with Gasteiger partial charge < -0.3 is 5.32 Å². The number of hydrogen-bond acceptors (Lipinski definition) is 2. The van der Waals surface area contributed by atoms with Crippen LogP contribution in [0.15, 0.2) is 54.7 Å². The summed E-state index contributed by atoms with van der Waals surface area (Å²) < 4.78 is 1.77. The summed E-state index contributed by atoms with van der Waals surface area (Å²) in [6.07, 6.45) is 1.82. The lowest BCUT2D eigenvalue weighted by molar-refractivity contribution is 0.102. The van der Waals surface area contributed by atoms with Crippen LogP contribution in [0.5, 0.6) is 0 Å². The molecule has 4 nitrogen and oxygen atoms in total. The Morgan fingerprint density at radius 1 is 1.12 bits per heavy atom. The number of aryl methyl sites for hydroxylation is 1. The van der Waals surface area contributed by atoms with Gasteiger partial charge in [0.1, 0.15) is 0 Å². The van der Waals surface area contributed by atoms with E-state index < -0.39 is 0 Å². The molecule has 3 aromatic rings. The van der Waals surface area contributed by atoms with Crippen molar-refractivity contribution >= 4 is 34.9 Å². The van der Waals surface area contributed by atoms with Crippen molar-refractivity contribution in [2.45, 2.75) is 13.5 Å². The molecule has 0 aliphatic heterocycles. The first kappa shape index (κ1) is 16.6. The number of amides is 1. The molecule has 1 N–H and O–H groups in total. The van der Waals surface area contributed by atoms with Gasteiger partial charge in [-0.05, 0) is 30.7 Å². The van der Waals surface area contributed by atoms with Crippen molar-refractivity contribution in [3.8, 4) is 0 Å². The van der Waals surface area contributed by atoms with Gasteiger partial charge in [-0.3, -0.25) is 9.48 Å². The molecule has 2 aromatic carbocycles. The first-order valence-corrected chi connectivity index (χ1v) is 8.12. The molecule has 1 heterocycles. The van der Waals surface area contributed by atoms with Gasteiger partial charge in [-0.25, -0.2) is 0 Å². The molecule has 0 bridgehead atoms. The number of anilines is 1. The SMILES string of the molecule is Cc1ccc(Cn2ccc(NC(=O)c3ccc(Cl)cc3Cl)n2)cc1. The lowest BCUT2D eigenvalue weighted by atomic mass is 10.1. The average molecular weight is 360 g/mol. The second kappa shape index (κ2) is 7.07. The molecule has 0 unspecified atom stereocenters. The van der Waals surface area contributed by atoms with E-state index in [9.17, 15) is 4.79 Å². The van der Waals surface area contributed by atoms with Crippen LogP contribution >= 0.6 is 23.2 Å². The Morgan fingerprint density at radius 3 is 2.58 bits per heavy atom. The smallest absolute Gasteiger partial charge is 0.258 e. The van der Waals surface area contributed by atoms with E-state index >= 15 is 0 Å². The third-order valence-corrected chi connectivity index (χ3v) is 4.07. The zero-order chi connectivity index (χ0) is 17.1. The average Bonchev–Trinajstić information content (AvgIpc) is 2.96. The molecule has 0 aliphatic rings. The molecule has 0 saturated carbocycles. The Hall–Kier alpha value is -2.30. The van der Waals surface area contributed by atoms with E-state index in [0.29, 0.717) is 28.0 Å². The number of carbonyl (C=O) groups excluding carboxylic acids is 1. The molecule has 24 heavy (non-hydrogen) atoms. The van der Waals surface area contributed by atoms with Crippen molar-refractivity contribution in [1.29, 1.82) is 0 Å².